The van der Waals surface area contributed by atoms with Gasteiger partial charge in [-0.2, -0.15) is 0 Å². The summed E-state index contributed by atoms with van der Waals surface area (Å²) in [7, 11) is 0. The first-order valence-corrected chi connectivity index (χ1v) is 6.72. The maximum Gasteiger partial charge on any atom is 0.307 e. The molecule has 0 radical (unpaired) electrons. The second-order valence-electron chi connectivity index (χ2n) is 4.30. The molecule has 0 bridgehead atoms. The van der Waals surface area contributed by atoms with Crippen molar-refractivity contribution in [2.75, 3.05) is 19.8 Å². The molecule has 1 rings (SSSR count). The highest BCUT2D eigenvalue weighted by Crippen LogP contribution is 2.10. The lowest BCUT2D eigenvalue weighted by atomic mass is 10.0. The molecule has 0 aliphatic carbocycles. The maximum atomic E-state index is 11.9. The SMILES string of the molecule is CCOC(=O)CCNC(=O)c1ccc(C#CCO)c(C)c1. The van der Waals surface area contributed by atoms with Crippen LogP contribution >= 0.6 is 0 Å². The zero-order chi connectivity index (χ0) is 15.7. The van der Waals surface area contributed by atoms with Crippen molar-refractivity contribution in [2.45, 2.75) is 20.3 Å². The lowest BCUT2D eigenvalue weighted by molar-refractivity contribution is -0.142. The smallest absolute Gasteiger partial charge is 0.307 e. The second kappa shape index (κ2) is 8.77. The molecule has 0 aromatic heterocycles. The van der Waals surface area contributed by atoms with Crippen molar-refractivity contribution in [3.05, 3.63) is 34.9 Å². The van der Waals surface area contributed by atoms with Gasteiger partial charge in [0.05, 0.1) is 13.0 Å². The standard InChI is InChI=1S/C16H19NO4/c1-3-21-15(19)8-9-17-16(20)14-7-6-13(5-4-10-18)12(2)11-14/h6-7,11,18H,3,8-10H2,1-2H3,(H,17,20). The number of ether oxygens (including phenoxy) is 1. The van der Waals surface area contributed by atoms with Gasteiger partial charge in [0.25, 0.3) is 5.91 Å². The van der Waals surface area contributed by atoms with E-state index in [4.69, 9.17) is 9.84 Å². The molecule has 1 aromatic rings. The Kier molecular flexibility index (Phi) is 6.99. The van der Waals surface area contributed by atoms with Gasteiger partial charge in [0, 0.05) is 17.7 Å². The van der Waals surface area contributed by atoms with Gasteiger partial charge in [0.2, 0.25) is 0 Å². The van der Waals surface area contributed by atoms with Crippen LogP contribution < -0.4 is 5.32 Å². The van der Waals surface area contributed by atoms with E-state index < -0.39 is 0 Å². The van der Waals surface area contributed by atoms with Gasteiger partial charge >= 0.3 is 5.97 Å². The predicted octanol–water partition coefficient (Wildman–Crippen LogP) is 1.02. The Morgan fingerprint density at radius 2 is 2.14 bits per heavy atom. The minimum absolute atomic E-state index is 0.151. The molecular formula is C16H19NO4. The van der Waals surface area contributed by atoms with Crippen molar-refractivity contribution >= 4 is 11.9 Å². The number of carbonyl (C=O) groups is 2. The lowest BCUT2D eigenvalue weighted by Crippen LogP contribution is -2.26. The lowest BCUT2D eigenvalue weighted by Gasteiger charge is -2.07. The molecule has 0 atom stereocenters. The highest BCUT2D eigenvalue weighted by molar-refractivity contribution is 5.94. The summed E-state index contributed by atoms with van der Waals surface area (Å²) < 4.78 is 4.78. The van der Waals surface area contributed by atoms with Gasteiger partial charge in [0.1, 0.15) is 6.61 Å². The average Bonchev–Trinajstić information content (AvgIpc) is 2.46. The summed E-state index contributed by atoms with van der Waals surface area (Å²) in [6.45, 7) is 3.96. The number of esters is 1. The number of hydrogen-bond donors (Lipinski definition) is 2. The Morgan fingerprint density at radius 3 is 2.76 bits per heavy atom. The molecule has 0 saturated carbocycles. The van der Waals surface area contributed by atoms with E-state index in [1.54, 1.807) is 25.1 Å². The van der Waals surface area contributed by atoms with E-state index in [2.05, 4.69) is 17.2 Å². The molecule has 0 heterocycles. The molecule has 0 unspecified atom stereocenters. The molecule has 0 aliphatic heterocycles. The van der Waals surface area contributed by atoms with Crippen LogP contribution in [0.25, 0.3) is 0 Å². The molecule has 1 amide bonds. The van der Waals surface area contributed by atoms with Crippen LogP contribution in [-0.4, -0.2) is 36.7 Å². The number of aryl methyl sites for hydroxylation is 1. The van der Waals surface area contributed by atoms with Crippen LogP contribution in [0.1, 0.15) is 34.8 Å². The van der Waals surface area contributed by atoms with E-state index in [1.807, 2.05) is 6.92 Å². The third-order valence-corrected chi connectivity index (χ3v) is 2.71. The summed E-state index contributed by atoms with van der Waals surface area (Å²) in [5.41, 5.74) is 2.13. The van der Waals surface area contributed by atoms with E-state index >= 15 is 0 Å². The number of hydrogen-bond acceptors (Lipinski definition) is 4. The molecular weight excluding hydrogens is 270 g/mol. The third kappa shape index (κ3) is 5.67. The number of nitrogens with one attached hydrogen (secondary N) is 1. The van der Waals surface area contributed by atoms with Gasteiger partial charge in [-0.05, 0) is 37.6 Å². The number of rotatable bonds is 5. The van der Waals surface area contributed by atoms with E-state index in [1.165, 1.54) is 0 Å². The van der Waals surface area contributed by atoms with Crippen LogP contribution in [0.4, 0.5) is 0 Å². The number of benzene rings is 1. The fourth-order valence-electron chi connectivity index (χ4n) is 1.69. The maximum absolute atomic E-state index is 11.9. The highest BCUT2D eigenvalue weighted by Gasteiger charge is 2.08. The molecule has 5 nitrogen and oxygen atoms in total. The summed E-state index contributed by atoms with van der Waals surface area (Å²) in [5, 5.41) is 11.3. The molecule has 5 heteroatoms. The quantitative estimate of drug-likeness (QED) is 0.627. The normalized spacial score (nSPS) is 9.48. The van der Waals surface area contributed by atoms with E-state index in [0.29, 0.717) is 12.2 Å². The fourth-order valence-corrected chi connectivity index (χ4v) is 1.69. The van der Waals surface area contributed by atoms with Gasteiger partial charge in [-0.1, -0.05) is 11.8 Å². The van der Waals surface area contributed by atoms with Crippen LogP contribution in [0.5, 0.6) is 0 Å². The largest absolute Gasteiger partial charge is 0.466 e. The van der Waals surface area contributed by atoms with Crippen LogP contribution in [0, 0.1) is 18.8 Å². The van der Waals surface area contributed by atoms with Crippen LogP contribution in [0.2, 0.25) is 0 Å². The Bertz CT molecular complexity index is 569. The Labute approximate surface area is 124 Å². The first-order valence-electron chi connectivity index (χ1n) is 6.72. The van der Waals surface area contributed by atoms with Crippen molar-refractivity contribution < 1.29 is 19.4 Å². The van der Waals surface area contributed by atoms with Crippen molar-refractivity contribution in [3.63, 3.8) is 0 Å². The molecule has 2 N–H and O–H groups in total. The van der Waals surface area contributed by atoms with Gasteiger partial charge in [-0.15, -0.1) is 0 Å². The van der Waals surface area contributed by atoms with E-state index in [-0.39, 0.29) is 31.4 Å². The molecule has 21 heavy (non-hydrogen) atoms. The number of amides is 1. The van der Waals surface area contributed by atoms with Gasteiger partial charge in [-0.3, -0.25) is 9.59 Å². The summed E-state index contributed by atoms with van der Waals surface area (Å²) in [5.74, 6) is 4.80. The molecule has 0 aliphatic rings. The second-order valence-corrected chi connectivity index (χ2v) is 4.30. The average molecular weight is 289 g/mol. The van der Waals surface area contributed by atoms with E-state index in [0.717, 1.165) is 11.1 Å². The summed E-state index contributed by atoms with van der Waals surface area (Å²) in [4.78, 5) is 23.1. The van der Waals surface area contributed by atoms with Crippen LogP contribution in [-0.2, 0) is 9.53 Å². The number of aliphatic hydroxyl groups excluding tert-OH is 1. The summed E-state index contributed by atoms with van der Waals surface area (Å²) >= 11 is 0. The Hall–Kier alpha value is -2.32. The Morgan fingerprint density at radius 1 is 1.38 bits per heavy atom. The summed E-state index contributed by atoms with van der Waals surface area (Å²) in [6, 6.07) is 5.12. The van der Waals surface area contributed by atoms with Gasteiger partial charge in [0.15, 0.2) is 0 Å². The summed E-state index contributed by atoms with van der Waals surface area (Å²) in [6.07, 6.45) is 0.151. The monoisotopic (exact) mass is 289 g/mol. The van der Waals surface area contributed by atoms with Gasteiger partial charge < -0.3 is 15.2 Å². The number of carbonyl (C=O) groups excluding carboxylic acids is 2. The van der Waals surface area contributed by atoms with Gasteiger partial charge in [-0.25, -0.2) is 0 Å². The molecule has 0 saturated heterocycles. The van der Waals surface area contributed by atoms with Crippen molar-refractivity contribution in [1.82, 2.24) is 5.32 Å². The van der Waals surface area contributed by atoms with E-state index in [9.17, 15) is 9.59 Å². The zero-order valence-corrected chi connectivity index (χ0v) is 12.2. The molecule has 112 valence electrons. The topological polar surface area (TPSA) is 75.6 Å². The first kappa shape index (κ1) is 16.7. The minimum Gasteiger partial charge on any atom is -0.466 e. The van der Waals surface area contributed by atoms with Crippen molar-refractivity contribution in [1.29, 1.82) is 0 Å². The first-order chi connectivity index (χ1) is 10.1. The fraction of sp³-hybridized carbons (Fsp3) is 0.375. The van der Waals surface area contributed by atoms with Crippen LogP contribution in [0.3, 0.4) is 0 Å². The molecule has 0 fully saturated rings. The predicted molar refractivity (Wildman–Crippen MR) is 78.7 cm³/mol. The highest BCUT2D eigenvalue weighted by atomic mass is 16.5. The van der Waals surface area contributed by atoms with Crippen molar-refractivity contribution in [2.24, 2.45) is 0 Å². The number of aliphatic hydroxyl groups is 1. The molecule has 0 spiro atoms. The molecule has 1 aromatic carbocycles. The minimum atomic E-state index is -0.330. The zero-order valence-electron chi connectivity index (χ0n) is 12.2. The van der Waals surface area contributed by atoms with Crippen molar-refractivity contribution in [3.8, 4) is 11.8 Å². The third-order valence-electron chi connectivity index (χ3n) is 2.71. The van der Waals surface area contributed by atoms with Crippen LogP contribution in [0.15, 0.2) is 18.2 Å². The Balaban J connectivity index is 2.59.